The molecule has 1 atom stereocenters. The molecule has 2 heterocycles. The van der Waals surface area contributed by atoms with Crippen molar-refractivity contribution in [2.24, 2.45) is 0 Å². The van der Waals surface area contributed by atoms with Gasteiger partial charge in [-0.1, -0.05) is 12.1 Å². The average Bonchev–Trinajstić information content (AvgIpc) is 2.78. The van der Waals surface area contributed by atoms with Crippen LogP contribution >= 0.6 is 0 Å². The van der Waals surface area contributed by atoms with E-state index < -0.39 is 0 Å². The maximum Gasteiger partial charge on any atom is 0.277 e. The Balaban J connectivity index is 1.55. The van der Waals surface area contributed by atoms with Gasteiger partial charge in [-0.3, -0.25) is 4.79 Å². The third kappa shape index (κ3) is 4.11. The third-order valence-corrected chi connectivity index (χ3v) is 5.63. The molecule has 30 heavy (non-hydrogen) atoms. The zero-order valence-corrected chi connectivity index (χ0v) is 17.4. The van der Waals surface area contributed by atoms with Gasteiger partial charge in [-0.05, 0) is 60.9 Å². The van der Waals surface area contributed by atoms with Crippen molar-refractivity contribution >= 4 is 0 Å². The molecule has 0 amide bonds. The van der Waals surface area contributed by atoms with Crippen molar-refractivity contribution in [3.8, 4) is 11.7 Å². The average molecular weight is 406 g/mol. The molecule has 0 saturated heterocycles. The molecule has 2 aromatic heterocycles. The monoisotopic (exact) mass is 406 g/mol. The van der Waals surface area contributed by atoms with E-state index in [0.717, 1.165) is 36.1 Å². The lowest BCUT2D eigenvalue weighted by molar-refractivity contribution is 0.172. The number of fused-ring (bicyclic) bond motifs is 1. The van der Waals surface area contributed by atoms with Crippen LogP contribution in [0.25, 0.3) is 5.95 Å². The fourth-order valence-electron chi connectivity index (χ4n) is 4.08. The molecule has 156 valence electrons. The molecule has 7 heteroatoms. The van der Waals surface area contributed by atoms with Crippen molar-refractivity contribution in [2.75, 3.05) is 20.3 Å². The van der Waals surface area contributed by atoms with E-state index in [1.54, 1.807) is 31.8 Å². The van der Waals surface area contributed by atoms with Crippen molar-refractivity contribution in [3.05, 3.63) is 75.5 Å². The van der Waals surface area contributed by atoms with E-state index in [1.807, 2.05) is 12.1 Å². The van der Waals surface area contributed by atoms with E-state index in [9.17, 15) is 4.79 Å². The summed E-state index contributed by atoms with van der Waals surface area (Å²) in [5.74, 6) is 1.57. The third-order valence-electron chi connectivity index (χ3n) is 5.63. The summed E-state index contributed by atoms with van der Waals surface area (Å²) in [5.41, 5.74) is 4.15. The van der Waals surface area contributed by atoms with Gasteiger partial charge in [0, 0.05) is 38.1 Å². The molecule has 7 nitrogen and oxygen atoms in total. The second-order valence-corrected chi connectivity index (χ2v) is 7.52. The standard InChI is InChI=1S/C23H26N4O3/c1-16-19(6-3-7-21(16)30-13-5-12-29-2)17-8-9-20-18(14-17)15-26-27(22(20)28)23-24-10-4-11-25-23/h3-4,6-7,10-11,15,17H,5,8-9,12-14H2,1-2H3. The smallest absolute Gasteiger partial charge is 0.277 e. The minimum Gasteiger partial charge on any atom is -0.493 e. The van der Waals surface area contributed by atoms with Gasteiger partial charge in [0.15, 0.2) is 0 Å². The highest BCUT2D eigenvalue weighted by molar-refractivity contribution is 5.43. The van der Waals surface area contributed by atoms with Crippen LogP contribution in [0, 0.1) is 6.92 Å². The Hall–Kier alpha value is -3.06. The van der Waals surface area contributed by atoms with Gasteiger partial charge in [-0.25, -0.2) is 9.97 Å². The molecule has 0 saturated carbocycles. The van der Waals surface area contributed by atoms with E-state index in [1.165, 1.54) is 15.8 Å². The molecule has 3 aromatic rings. The fourth-order valence-corrected chi connectivity index (χ4v) is 4.08. The summed E-state index contributed by atoms with van der Waals surface area (Å²) in [6.45, 7) is 3.44. The molecule has 1 aliphatic rings. The molecule has 0 aliphatic heterocycles. The lowest BCUT2D eigenvalue weighted by Gasteiger charge is -2.26. The maximum atomic E-state index is 12.9. The summed E-state index contributed by atoms with van der Waals surface area (Å²) in [5, 5.41) is 4.33. The van der Waals surface area contributed by atoms with E-state index in [0.29, 0.717) is 31.5 Å². The van der Waals surface area contributed by atoms with Crippen LogP contribution < -0.4 is 10.3 Å². The molecule has 0 radical (unpaired) electrons. The van der Waals surface area contributed by atoms with E-state index in [4.69, 9.17) is 9.47 Å². The van der Waals surface area contributed by atoms with Crippen LogP contribution in [0.5, 0.6) is 5.75 Å². The number of ether oxygens (including phenoxy) is 2. The summed E-state index contributed by atoms with van der Waals surface area (Å²) >= 11 is 0. The van der Waals surface area contributed by atoms with E-state index in [2.05, 4.69) is 28.1 Å². The second kappa shape index (κ2) is 9.17. The van der Waals surface area contributed by atoms with Crippen LogP contribution in [0.3, 0.4) is 0 Å². The van der Waals surface area contributed by atoms with Gasteiger partial charge in [0.1, 0.15) is 5.75 Å². The summed E-state index contributed by atoms with van der Waals surface area (Å²) in [6, 6.07) is 7.95. The predicted molar refractivity (Wildman–Crippen MR) is 113 cm³/mol. The first-order valence-electron chi connectivity index (χ1n) is 10.3. The van der Waals surface area contributed by atoms with Crippen LogP contribution in [0.4, 0.5) is 0 Å². The molecule has 4 rings (SSSR count). The molecule has 0 N–H and O–H groups in total. The van der Waals surface area contributed by atoms with Gasteiger partial charge >= 0.3 is 0 Å². The highest BCUT2D eigenvalue weighted by atomic mass is 16.5. The van der Waals surface area contributed by atoms with Gasteiger partial charge in [0.25, 0.3) is 11.5 Å². The molecule has 0 spiro atoms. The Kier molecular flexibility index (Phi) is 6.18. The van der Waals surface area contributed by atoms with Gasteiger partial charge < -0.3 is 9.47 Å². The van der Waals surface area contributed by atoms with Crippen molar-refractivity contribution in [2.45, 2.75) is 38.5 Å². The zero-order valence-electron chi connectivity index (χ0n) is 17.4. The lowest BCUT2D eigenvalue weighted by Crippen LogP contribution is -2.30. The minimum atomic E-state index is -0.121. The predicted octanol–water partition coefficient (Wildman–Crippen LogP) is 3.02. The van der Waals surface area contributed by atoms with Gasteiger partial charge in [-0.2, -0.15) is 9.78 Å². The highest BCUT2D eigenvalue weighted by Gasteiger charge is 2.25. The van der Waals surface area contributed by atoms with Crippen molar-refractivity contribution in [1.82, 2.24) is 19.7 Å². The SMILES string of the molecule is COCCCOc1cccc(C2CCc3c(cnn(-c4ncccn4)c3=O)C2)c1C. The van der Waals surface area contributed by atoms with Gasteiger partial charge in [-0.15, -0.1) is 0 Å². The summed E-state index contributed by atoms with van der Waals surface area (Å²) < 4.78 is 12.3. The first kappa shape index (κ1) is 20.2. The Morgan fingerprint density at radius 3 is 2.80 bits per heavy atom. The summed E-state index contributed by atoms with van der Waals surface area (Å²) in [6.07, 6.45) is 8.29. The van der Waals surface area contributed by atoms with Gasteiger partial charge in [0.05, 0.1) is 12.8 Å². The highest BCUT2D eigenvalue weighted by Crippen LogP contribution is 2.35. The Morgan fingerprint density at radius 1 is 1.17 bits per heavy atom. The lowest BCUT2D eigenvalue weighted by atomic mass is 9.79. The van der Waals surface area contributed by atoms with Crippen molar-refractivity contribution in [1.29, 1.82) is 0 Å². The van der Waals surface area contributed by atoms with Crippen LogP contribution in [0.1, 0.15) is 41.0 Å². The first-order chi connectivity index (χ1) is 14.7. The summed E-state index contributed by atoms with van der Waals surface area (Å²) in [7, 11) is 1.70. The number of nitrogens with zero attached hydrogens (tertiary/aromatic N) is 4. The van der Waals surface area contributed by atoms with Crippen molar-refractivity contribution < 1.29 is 9.47 Å². The largest absolute Gasteiger partial charge is 0.493 e. The number of aromatic nitrogens is 4. The molecule has 0 fully saturated rings. The van der Waals surface area contributed by atoms with Crippen LogP contribution in [0.15, 0.2) is 47.7 Å². The van der Waals surface area contributed by atoms with Crippen LogP contribution in [-0.2, 0) is 17.6 Å². The number of hydrogen-bond donors (Lipinski definition) is 0. The Labute approximate surface area is 175 Å². The zero-order chi connectivity index (χ0) is 20.9. The molecular formula is C23H26N4O3. The minimum absolute atomic E-state index is 0.121. The molecule has 1 aromatic carbocycles. The normalized spacial score (nSPS) is 15.6. The fraction of sp³-hybridized carbons (Fsp3) is 0.391. The Bertz CT molecular complexity index is 1070. The molecule has 1 aliphatic carbocycles. The number of hydrogen-bond acceptors (Lipinski definition) is 6. The van der Waals surface area contributed by atoms with E-state index in [-0.39, 0.29) is 5.56 Å². The van der Waals surface area contributed by atoms with Gasteiger partial charge in [0.2, 0.25) is 0 Å². The Morgan fingerprint density at radius 2 is 2.00 bits per heavy atom. The van der Waals surface area contributed by atoms with Crippen molar-refractivity contribution in [3.63, 3.8) is 0 Å². The molecular weight excluding hydrogens is 380 g/mol. The molecule has 0 bridgehead atoms. The second-order valence-electron chi connectivity index (χ2n) is 7.52. The molecule has 1 unspecified atom stereocenters. The quantitative estimate of drug-likeness (QED) is 0.561. The maximum absolute atomic E-state index is 12.9. The van der Waals surface area contributed by atoms with Crippen LogP contribution in [0.2, 0.25) is 0 Å². The number of rotatable bonds is 7. The topological polar surface area (TPSA) is 79.1 Å². The first-order valence-corrected chi connectivity index (χ1v) is 10.3. The number of benzene rings is 1. The van der Waals surface area contributed by atoms with Crippen LogP contribution in [-0.4, -0.2) is 40.1 Å². The summed E-state index contributed by atoms with van der Waals surface area (Å²) in [4.78, 5) is 21.2. The van der Waals surface area contributed by atoms with E-state index >= 15 is 0 Å². The number of methoxy groups -OCH3 is 1.